The van der Waals surface area contributed by atoms with E-state index in [0.29, 0.717) is 6.10 Å². The Morgan fingerprint density at radius 2 is 2.25 bits per heavy atom. The first-order valence-electron chi connectivity index (χ1n) is 5.46. The fourth-order valence-electron chi connectivity index (χ4n) is 1.93. The standard InChI is InChI=1S/C11H22O/c1-3-4-7-10(2)11-8-5-6-9-12-11/h10-11H,3-9H2,1-2H3. The van der Waals surface area contributed by atoms with Crippen LogP contribution in [0.25, 0.3) is 0 Å². The molecule has 0 aromatic heterocycles. The summed E-state index contributed by atoms with van der Waals surface area (Å²) in [5.41, 5.74) is 0. The summed E-state index contributed by atoms with van der Waals surface area (Å²) in [6, 6.07) is 0. The van der Waals surface area contributed by atoms with Crippen molar-refractivity contribution < 1.29 is 4.74 Å². The minimum Gasteiger partial charge on any atom is -0.378 e. The summed E-state index contributed by atoms with van der Waals surface area (Å²) < 4.78 is 5.74. The topological polar surface area (TPSA) is 9.23 Å². The molecule has 0 amide bonds. The second-order valence-corrected chi connectivity index (χ2v) is 4.02. The minimum absolute atomic E-state index is 0.574. The first-order valence-corrected chi connectivity index (χ1v) is 5.46. The average Bonchev–Trinajstić information content (AvgIpc) is 2.15. The van der Waals surface area contributed by atoms with Gasteiger partial charge < -0.3 is 4.74 Å². The molecule has 0 radical (unpaired) electrons. The molecular formula is C11H22O. The SMILES string of the molecule is CCCCC(C)C1CCCCO1. The fraction of sp³-hybridized carbons (Fsp3) is 1.00. The van der Waals surface area contributed by atoms with Gasteiger partial charge in [-0.3, -0.25) is 0 Å². The Hall–Kier alpha value is -0.0400. The summed E-state index contributed by atoms with van der Waals surface area (Å²) in [5, 5.41) is 0. The lowest BCUT2D eigenvalue weighted by molar-refractivity contribution is -0.0186. The summed E-state index contributed by atoms with van der Waals surface area (Å²) in [7, 11) is 0. The van der Waals surface area contributed by atoms with Crippen LogP contribution in [0, 0.1) is 5.92 Å². The van der Waals surface area contributed by atoms with Crippen LogP contribution in [0.5, 0.6) is 0 Å². The van der Waals surface area contributed by atoms with E-state index in [2.05, 4.69) is 13.8 Å². The van der Waals surface area contributed by atoms with Crippen molar-refractivity contribution in [3.8, 4) is 0 Å². The third-order valence-electron chi connectivity index (χ3n) is 2.86. The van der Waals surface area contributed by atoms with Crippen molar-refractivity contribution in [3.63, 3.8) is 0 Å². The summed E-state index contributed by atoms with van der Waals surface area (Å²) in [4.78, 5) is 0. The largest absolute Gasteiger partial charge is 0.378 e. The molecular weight excluding hydrogens is 148 g/mol. The molecule has 1 nitrogen and oxygen atoms in total. The average molecular weight is 170 g/mol. The third-order valence-corrected chi connectivity index (χ3v) is 2.86. The highest BCUT2D eigenvalue weighted by Gasteiger charge is 2.19. The molecule has 1 heterocycles. The first-order chi connectivity index (χ1) is 5.84. The van der Waals surface area contributed by atoms with Gasteiger partial charge in [-0.25, -0.2) is 0 Å². The predicted molar refractivity (Wildman–Crippen MR) is 52.3 cm³/mol. The van der Waals surface area contributed by atoms with Gasteiger partial charge in [0.2, 0.25) is 0 Å². The van der Waals surface area contributed by atoms with Crippen molar-refractivity contribution in [2.24, 2.45) is 5.92 Å². The maximum Gasteiger partial charge on any atom is 0.0600 e. The Morgan fingerprint density at radius 1 is 1.42 bits per heavy atom. The van der Waals surface area contributed by atoms with Crippen LogP contribution in [0.1, 0.15) is 52.4 Å². The highest BCUT2D eigenvalue weighted by atomic mass is 16.5. The van der Waals surface area contributed by atoms with E-state index in [-0.39, 0.29) is 0 Å². The zero-order valence-electron chi connectivity index (χ0n) is 8.51. The van der Waals surface area contributed by atoms with Crippen molar-refractivity contribution in [2.75, 3.05) is 6.61 Å². The molecule has 12 heavy (non-hydrogen) atoms. The van der Waals surface area contributed by atoms with Gasteiger partial charge in [0, 0.05) is 6.61 Å². The molecule has 0 aromatic rings. The van der Waals surface area contributed by atoms with E-state index in [1.807, 2.05) is 0 Å². The second-order valence-electron chi connectivity index (χ2n) is 4.02. The van der Waals surface area contributed by atoms with Crippen molar-refractivity contribution >= 4 is 0 Å². The van der Waals surface area contributed by atoms with Crippen LogP contribution in [0.4, 0.5) is 0 Å². The van der Waals surface area contributed by atoms with E-state index < -0.39 is 0 Å². The molecule has 1 saturated heterocycles. The van der Waals surface area contributed by atoms with Crippen LogP contribution in [0.3, 0.4) is 0 Å². The van der Waals surface area contributed by atoms with Crippen LogP contribution < -0.4 is 0 Å². The number of hydrogen-bond donors (Lipinski definition) is 0. The van der Waals surface area contributed by atoms with Crippen LogP contribution in [-0.4, -0.2) is 12.7 Å². The molecule has 1 fully saturated rings. The van der Waals surface area contributed by atoms with Gasteiger partial charge in [0.05, 0.1) is 6.10 Å². The molecule has 2 atom stereocenters. The minimum atomic E-state index is 0.574. The van der Waals surface area contributed by atoms with Gasteiger partial charge in [-0.15, -0.1) is 0 Å². The molecule has 72 valence electrons. The lowest BCUT2D eigenvalue weighted by Gasteiger charge is -2.28. The molecule has 0 aliphatic carbocycles. The van der Waals surface area contributed by atoms with E-state index in [4.69, 9.17) is 4.74 Å². The predicted octanol–water partition coefficient (Wildman–Crippen LogP) is 3.38. The van der Waals surface area contributed by atoms with Gasteiger partial charge in [0.1, 0.15) is 0 Å². The van der Waals surface area contributed by atoms with Crippen LogP contribution in [0.2, 0.25) is 0 Å². The van der Waals surface area contributed by atoms with Gasteiger partial charge in [0.25, 0.3) is 0 Å². The summed E-state index contributed by atoms with van der Waals surface area (Å²) in [6.45, 7) is 5.60. The van der Waals surface area contributed by atoms with Crippen LogP contribution in [0.15, 0.2) is 0 Å². The van der Waals surface area contributed by atoms with Crippen molar-refractivity contribution in [3.05, 3.63) is 0 Å². The summed E-state index contributed by atoms with van der Waals surface area (Å²) in [5.74, 6) is 0.783. The number of ether oxygens (including phenoxy) is 1. The quantitative estimate of drug-likeness (QED) is 0.628. The summed E-state index contributed by atoms with van der Waals surface area (Å²) >= 11 is 0. The Labute approximate surface area is 76.5 Å². The zero-order chi connectivity index (χ0) is 8.81. The normalized spacial score (nSPS) is 27.0. The molecule has 0 bridgehead atoms. The molecule has 2 unspecified atom stereocenters. The van der Waals surface area contributed by atoms with Gasteiger partial charge >= 0.3 is 0 Å². The fourth-order valence-corrected chi connectivity index (χ4v) is 1.93. The highest BCUT2D eigenvalue weighted by Crippen LogP contribution is 2.23. The van der Waals surface area contributed by atoms with Crippen molar-refractivity contribution in [2.45, 2.75) is 58.5 Å². The molecule has 0 N–H and O–H groups in total. The molecule has 1 aliphatic heterocycles. The highest BCUT2D eigenvalue weighted by molar-refractivity contribution is 4.69. The van der Waals surface area contributed by atoms with Gasteiger partial charge in [-0.1, -0.05) is 26.7 Å². The molecule has 0 saturated carbocycles. The maximum absolute atomic E-state index is 5.74. The second kappa shape index (κ2) is 5.58. The van der Waals surface area contributed by atoms with Crippen molar-refractivity contribution in [1.82, 2.24) is 0 Å². The van der Waals surface area contributed by atoms with E-state index in [1.165, 1.54) is 38.5 Å². The van der Waals surface area contributed by atoms with E-state index in [1.54, 1.807) is 0 Å². The molecule has 1 aliphatic rings. The monoisotopic (exact) mass is 170 g/mol. The van der Waals surface area contributed by atoms with E-state index in [0.717, 1.165) is 12.5 Å². The van der Waals surface area contributed by atoms with E-state index in [9.17, 15) is 0 Å². The van der Waals surface area contributed by atoms with Crippen LogP contribution >= 0.6 is 0 Å². The Kier molecular flexibility index (Phi) is 4.67. The van der Waals surface area contributed by atoms with Gasteiger partial charge in [-0.2, -0.15) is 0 Å². The Balaban J connectivity index is 2.15. The lowest BCUT2D eigenvalue weighted by atomic mass is 9.93. The first kappa shape index (κ1) is 10.0. The molecule has 1 heteroatoms. The Bertz CT molecular complexity index is 106. The van der Waals surface area contributed by atoms with E-state index >= 15 is 0 Å². The van der Waals surface area contributed by atoms with Crippen molar-refractivity contribution in [1.29, 1.82) is 0 Å². The number of rotatable bonds is 4. The van der Waals surface area contributed by atoms with Gasteiger partial charge in [0.15, 0.2) is 0 Å². The summed E-state index contributed by atoms with van der Waals surface area (Å²) in [6.07, 6.45) is 8.55. The smallest absolute Gasteiger partial charge is 0.0600 e. The van der Waals surface area contributed by atoms with Crippen LogP contribution in [-0.2, 0) is 4.74 Å². The third kappa shape index (κ3) is 3.14. The molecule has 0 aromatic carbocycles. The lowest BCUT2D eigenvalue weighted by Crippen LogP contribution is -2.26. The van der Waals surface area contributed by atoms with Gasteiger partial charge in [-0.05, 0) is 31.6 Å². The molecule has 0 spiro atoms. The number of unbranched alkanes of at least 4 members (excludes halogenated alkanes) is 1. The molecule has 1 rings (SSSR count). The zero-order valence-corrected chi connectivity index (χ0v) is 8.51. The number of hydrogen-bond acceptors (Lipinski definition) is 1. The Morgan fingerprint density at radius 3 is 2.83 bits per heavy atom. The maximum atomic E-state index is 5.74.